The molecule has 1 fully saturated rings. The van der Waals surface area contributed by atoms with Gasteiger partial charge in [-0.1, -0.05) is 25.7 Å². The van der Waals surface area contributed by atoms with Gasteiger partial charge in [-0.15, -0.1) is 0 Å². The van der Waals surface area contributed by atoms with Gasteiger partial charge in [0, 0.05) is 24.7 Å². The van der Waals surface area contributed by atoms with Gasteiger partial charge in [0.15, 0.2) is 0 Å². The van der Waals surface area contributed by atoms with Crippen LogP contribution in [0.5, 0.6) is 0 Å². The standard InChI is InChI=1S/C15H32N2O/c1-15(2,3)16-11-14(18)12-17(4)13-9-7-5-6-8-10-13/h13-14,16,18H,5-12H2,1-4H3. The summed E-state index contributed by atoms with van der Waals surface area (Å²) in [6.45, 7) is 7.87. The molecule has 0 aromatic carbocycles. The molecule has 0 amide bonds. The lowest BCUT2D eigenvalue weighted by atomic mass is 10.1. The van der Waals surface area contributed by atoms with Crippen molar-refractivity contribution < 1.29 is 5.11 Å². The lowest BCUT2D eigenvalue weighted by molar-refractivity contribution is 0.0929. The van der Waals surface area contributed by atoms with E-state index in [1.165, 1.54) is 38.5 Å². The third-order valence-electron chi connectivity index (χ3n) is 3.81. The van der Waals surface area contributed by atoms with Crippen molar-refractivity contribution >= 4 is 0 Å². The van der Waals surface area contributed by atoms with Crippen LogP contribution in [0.15, 0.2) is 0 Å². The molecule has 0 heterocycles. The van der Waals surface area contributed by atoms with Crippen LogP contribution in [0.25, 0.3) is 0 Å². The van der Waals surface area contributed by atoms with E-state index in [9.17, 15) is 5.11 Å². The van der Waals surface area contributed by atoms with Crippen molar-refractivity contribution in [3.8, 4) is 0 Å². The first-order valence-electron chi connectivity index (χ1n) is 7.52. The van der Waals surface area contributed by atoms with Gasteiger partial charge in [-0.3, -0.25) is 0 Å². The lowest BCUT2D eigenvalue weighted by Crippen LogP contribution is -2.45. The third-order valence-corrected chi connectivity index (χ3v) is 3.81. The largest absolute Gasteiger partial charge is 0.390 e. The molecule has 0 aliphatic heterocycles. The second-order valence-electron chi connectivity index (χ2n) is 6.87. The fourth-order valence-corrected chi connectivity index (χ4v) is 2.67. The van der Waals surface area contributed by atoms with Gasteiger partial charge in [0.2, 0.25) is 0 Å². The van der Waals surface area contributed by atoms with E-state index in [-0.39, 0.29) is 11.6 Å². The first-order valence-corrected chi connectivity index (χ1v) is 7.52. The van der Waals surface area contributed by atoms with Crippen molar-refractivity contribution in [3.63, 3.8) is 0 Å². The minimum Gasteiger partial charge on any atom is -0.390 e. The maximum Gasteiger partial charge on any atom is 0.0791 e. The smallest absolute Gasteiger partial charge is 0.0791 e. The Labute approximate surface area is 113 Å². The van der Waals surface area contributed by atoms with E-state index >= 15 is 0 Å². The molecule has 0 spiro atoms. The summed E-state index contributed by atoms with van der Waals surface area (Å²) in [5, 5.41) is 13.4. The minimum atomic E-state index is -0.266. The van der Waals surface area contributed by atoms with E-state index in [0.717, 1.165) is 6.54 Å². The van der Waals surface area contributed by atoms with E-state index in [1.54, 1.807) is 0 Å². The molecule has 1 aliphatic rings. The van der Waals surface area contributed by atoms with Crippen LogP contribution in [0.2, 0.25) is 0 Å². The van der Waals surface area contributed by atoms with Crippen molar-refractivity contribution in [3.05, 3.63) is 0 Å². The monoisotopic (exact) mass is 256 g/mol. The van der Waals surface area contributed by atoms with Crippen molar-refractivity contribution in [2.75, 3.05) is 20.1 Å². The van der Waals surface area contributed by atoms with Gasteiger partial charge < -0.3 is 15.3 Å². The van der Waals surface area contributed by atoms with Gasteiger partial charge in [0.05, 0.1) is 6.10 Å². The first-order chi connectivity index (χ1) is 8.38. The molecule has 1 saturated carbocycles. The Hall–Kier alpha value is -0.120. The first kappa shape index (κ1) is 15.9. The number of hydrogen-bond acceptors (Lipinski definition) is 3. The topological polar surface area (TPSA) is 35.5 Å². The van der Waals surface area contributed by atoms with Crippen LogP contribution in [0.3, 0.4) is 0 Å². The summed E-state index contributed by atoms with van der Waals surface area (Å²) in [7, 11) is 2.16. The normalized spacial score (nSPS) is 21.0. The summed E-state index contributed by atoms with van der Waals surface area (Å²) in [5.41, 5.74) is 0.0852. The average Bonchev–Trinajstić information content (AvgIpc) is 2.54. The number of aliphatic hydroxyl groups is 1. The molecule has 108 valence electrons. The molecule has 2 N–H and O–H groups in total. The third kappa shape index (κ3) is 6.72. The van der Waals surface area contributed by atoms with E-state index in [0.29, 0.717) is 12.6 Å². The van der Waals surface area contributed by atoms with E-state index < -0.39 is 0 Å². The molecule has 1 unspecified atom stereocenters. The van der Waals surface area contributed by atoms with Crippen molar-refractivity contribution in [1.82, 2.24) is 10.2 Å². The van der Waals surface area contributed by atoms with Crippen molar-refractivity contribution in [1.29, 1.82) is 0 Å². The van der Waals surface area contributed by atoms with Crippen LogP contribution in [0.1, 0.15) is 59.3 Å². The van der Waals surface area contributed by atoms with Crippen LogP contribution in [0, 0.1) is 0 Å². The number of aliphatic hydroxyl groups excluding tert-OH is 1. The molecule has 1 aliphatic carbocycles. The SMILES string of the molecule is CN(CC(O)CNC(C)(C)C)C1CCCCCC1. The van der Waals surface area contributed by atoms with Gasteiger partial charge in [-0.25, -0.2) is 0 Å². The molecule has 1 rings (SSSR count). The van der Waals surface area contributed by atoms with Gasteiger partial charge >= 0.3 is 0 Å². The minimum absolute atomic E-state index is 0.0852. The van der Waals surface area contributed by atoms with Crippen LogP contribution < -0.4 is 5.32 Å². The van der Waals surface area contributed by atoms with Crippen LogP contribution >= 0.6 is 0 Å². The Morgan fingerprint density at radius 1 is 1.17 bits per heavy atom. The number of nitrogens with one attached hydrogen (secondary N) is 1. The van der Waals surface area contributed by atoms with Crippen LogP contribution in [-0.4, -0.2) is 47.8 Å². The van der Waals surface area contributed by atoms with E-state index in [1.807, 2.05) is 0 Å². The highest BCUT2D eigenvalue weighted by molar-refractivity contribution is 4.77. The highest BCUT2D eigenvalue weighted by atomic mass is 16.3. The fraction of sp³-hybridized carbons (Fsp3) is 1.00. The Morgan fingerprint density at radius 3 is 2.22 bits per heavy atom. The zero-order valence-corrected chi connectivity index (χ0v) is 12.7. The second kappa shape index (κ2) is 7.46. The lowest BCUT2D eigenvalue weighted by Gasteiger charge is -2.30. The molecule has 3 nitrogen and oxygen atoms in total. The number of hydrogen-bond donors (Lipinski definition) is 2. The van der Waals surface area contributed by atoms with E-state index in [2.05, 4.69) is 38.0 Å². The molecular formula is C15H32N2O. The van der Waals surface area contributed by atoms with Gasteiger partial charge in [0.25, 0.3) is 0 Å². The molecule has 0 saturated heterocycles. The second-order valence-corrected chi connectivity index (χ2v) is 6.87. The predicted octanol–water partition coefficient (Wildman–Crippen LogP) is 2.39. The predicted molar refractivity (Wildman–Crippen MR) is 77.9 cm³/mol. The molecule has 0 aromatic heterocycles. The Bertz CT molecular complexity index is 217. The highest BCUT2D eigenvalue weighted by Gasteiger charge is 2.20. The molecule has 3 heteroatoms. The quantitative estimate of drug-likeness (QED) is 0.741. The molecule has 18 heavy (non-hydrogen) atoms. The number of β-amino-alcohol motifs (C(OH)–C–C–N with tert-alkyl or cyclic N) is 1. The van der Waals surface area contributed by atoms with Gasteiger partial charge in [0.1, 0.15) is 0 Å². The maximum atomic E-state index is 10.1. The molecule has 0 aromatic rings. The maximum absolute atomic E-state index is 10.1. The van der Waals surface area contributed by atoms with Crippen molar-refractivity contribution in [2.45, 2.75) is 77.0 Å². The fourth-order valence-electron chi connectivity index (χ4n) is 2.67. The molecule has 0 bridgehead atoms. The summed E-state index contributed by atoms with van der Waals surface area (Å²) in [6.07, 6.45) is 7.82. The summed E-state index contributed by atoms with van der Waals surface area (Å²) >= 11 is 0. The zero-order chi connectivity index (χ0) is 13.6. The molecular weight excluding hydrogens is 224 g/mol. The molecule has 1 atom stereocenters. The number of likely N-dealkylation sites (N-methyl/N-ethyl adjacent to an activating group) is 1. The molecule has 0 radical (unpaired) electrons. The number of nitrogens with zero attached hydrogens (tertiary/aromatic N) is 1. The summed E-state index contributed by atoms with van der Waals surface area (Å²) in [4.78, 5) is 2.36. The number of rotatable bonds is 5. The van der Waals surface area contributed by atoms with E-state index in [4.69, 9.17) is 0 Å². The summed E-state index contributed by atoms with van der Waals surface area (Å²) in [6, 6.07) is 0.678. The highest BCUT2D eigenvalue weighted by Crippen LogP contribution is 2.21. The van der Waals surface area contributed by atoms with Gasteiger partial charge in [-0.2, -0.15) is 0 Å². The van der Waals surface area contributed by atoms with Crippen LogP contribution in [-0.2, 0) is 0 Å². The van der Waals surface area contributed by atoms with Crippen LogP contribution in [0.4, 0.5) is 0 Å². The van der Waals surface area contributed by atoms with Crippen molar-refractivity contribution in [2.24, 2.45) is 0 Å². The van der Waals surface area contributed by atoms with Gasteiger partial charge in [-0.05, 0) is 40.7 Å². The Kier molecular flexibility index (Phi) is 6.61. The average molecular weight is 256 g/mol. The Balaban J connectivity index is 2.27. The Morgan fingerprint density at radius 2 is 1.72 bits per heavy atom. The summed E-state index contributed by atoms with van der Waals surface area (Å²) in [5.74, 6) is 0. The summed E-state index contributed by atoms with van der Waals surface area (Å²) < 4.78 is 0. The zero-order valence-electron chi connectivity index (χ0n) is 12.7.